The molecule has 1 amide bonds. The number of amides is 1. The number of hydrogen-bond donors (Lipinski definition) is 1. The number of carbonyl (C=O) groups is 1. The third kappa shape index (κ3) is 5.52. The van der Waals surface area contributed by atoms with E-state index in [0.29, 0.717) is 0 Å². The maximum atomic E-state index is 12.7. The number of anilines is 1. The average molecular weight is 412 g/mol. The first kappa shape index (κ1) is 22.1. The fraction of sp³-hybridized carbons (Fsp3) is 0.458. The molecule has 1 atom stereocenters. The number of piperazine rings is 1. The van der Waals surface area contributed by atoms with Crippen molar-refractivity contribution in [3.8, 4) is 11.5 Å². The minimum absolute atomic E-state index is 0.0487. The van der Waals surface area contributed by atoms with Crippen LogP contribution in [0.3, 0.4) is 0 Å². The lowest BCUT2D eigenvalue weighted by Gasteiger charge is -2.37. The second kappa shape index (κ2) is 10.5. The van der Waals surface area contributed by atoms with Crippen molar-refractivity contribution in [3.05, 3.63) is 53.6 Å². The van der Waals surface area contributed by atoms with Gasteiger partial charge in [0.2, 0.25) is 5.91 Å². The van der Waals surface area contributed by atoms with Gasteiger partial charge in [-0.05, 0) is 48.7 Å². The number of rotatable bonds is 8. The fourth-order valence-corrected chi connectivity index (χ4v) is 3.78. The van der Waals surface area contributed by atoms with Crippen molar-refractivity contribution in [2.75, 3.05) is 45.7 Å². The van der Waals surface area contributed by atoms with E-state index >= 15 is 0 Å². The first-order valence-corrected chi connectivity index (χ1v) is 10.6. The molecule has 0 saturated carbocycles. The van der Waals surface area contributed by atoms with Gasteiger partial charge in [0.05, 0.1) is 20.3 Å². The van der Waals surface area contributed by atoms with Crippen molar-refractivity contribution in [2.45, 2.75) is 32.9 Å². The fourth-order valence-electron chi connectivity index (χ4n) is 3.78. The highest BCUT2D eigenvalue weighted by Gasteiger charge is 2.25. The predicted molar refractivity (Wildman–Crippen MR) is 120 cm³/mol. The second-order valence-corrected chi connectivity index (χ2v) is 7.72. The molecule has 6 nitrogen and oxygen atoms in total. The standard InChI is InChI=1S/C24H33N3O3/c1-5-19-6-9-21(10-7-19)25-24(28)18(2)27-14-12-26(13-15-27)17-20-8-11-22(29-3)23(16-20)30-4/h6-11,16,18H,5,12-15,17H2,1-4H3,(H,25,28)/t18-/m1/s1. The Labute approximate surface area is 179 Å². The van der Waals surface area contributed by atoms with Crippen LogP contribution in [0, 0.1) is 0 Å². The quantitative estimate of drug-likeness (QED) is 0.721. The van der Waals surface area contributed by atoms with E-state index in [1.165, 1.54) is 11.1 Å². The van der Waals surface area contributed by atoms with Crippen molar-refractivity contribution in [3.63, 3.8) is 0 Å². The van der Waals surface area contributed by atoms with Gasteiger partial charge in [0.1, 0.15) is 0 Å². The molecule has 3 rings (SSSR count). The Morgan fingerprint density at radius 1 is 0.967 bits per heavy atom. The molecular weight excluding hydrogens is 378 g/mol. The Hall–Kier alpha value is -2.57. The molecule has 2 aromatic rings. The Morgan fingerprint density at radius 2 is 1.60 bits per heavy atom. The SMILES string of the molecule is CCc1ccc(NC(=O)[C@@H](C)N2CCN(Cc3ccc(OC)c(OC)c3)CC2)cc1. The van der Waals surface area contributed by atoms with E-state index in [2.05, 4.69) is 40.2 Å². The third-order valence-corrected chi connectivity index (χ3v) is 5.82. The molecule has 0 radical (unpaired) electrons. The van der Waals surface area contributed by atoms with Crippen LogP contribution in [0.5, 0.6) is 11.5 Å². The van der Waals surface area contributed by atoms with Gasteiger partial charge in [0.15, 0.2) is 11.5 Å². The van der Waals surface area contributed by atoms with Gasteiger partial charge in [-0.15, -0.1) is 0 Å². The summed E-state index contributed by atoms with van der Waals surface area (Å²) >= 11 is 0. The van der Waals surface area contributed by atoms with E-state index in [9.17, 15) is 4.79 Å². The van der Waals surface area contributed by atoms with Gasteiger partial charge in [0.25, 0.3) is 0 Å². The first-order valence-electron chi connectivity index (χ1n) is 10.6. The van der Waals surface area contributed by atoms with E-state index < -0.39 is 0 Å². The Balaban J connectivity index is 1.50. The number of hydrogen-bond acceptors (Lipinski definition) is 5. The lowest BCUT2D eigenvalue weighted by Crippen LogP contribution is -2.52. The Kier molecular flexibility index (Phi) is 7.71. The molecule has 1 saturated heterocycles. The van der Waals surface area contributed by atoms with Crippen LogP contribution >= 0.6 is 0 Å². The zero-order valence-corrected chi connectivity index (χ0v) is 18.5. The zero-order chi connectivity index (χ0) is 21.5. The van der Waals surface area contributed by atoms with Crippen LogP contribution in [0.25, 0.3) is 0 Å². The average Bonchev–Trinajstić information content (AvgIpc) is 2.79. The molecule has 0 aromatic heterocycles. The molecule has 30 heavy (non-hydrogen) atoms. The van der Waals surface area contributed by atoms with Gasteiger partial charge >= 0.3 is 0 Å². The van der Waals surface area contributed by atoms with E-state index in [4.69, 9.17) is 9.47 Å². The van der Waals surface area contributed by atoms with Gasteiger partial charge in [-0.3, -0.25) is 14.6 Å². The summed E-state index contributed by atoms with van der Waals surface area (Å²) in [6, 6.07) is 14.0. The van der Waals surface area contributed by atoms with Crippen LogP contribution in [-0.2, 0) is 17.8 Å². The third-order valence-electron chi connectivity index (χ3n) is 5.82. The highest BCUT2D eigenvalue weighted by atomic mass is 16.5. The number of carbonyl (C=O) groups excluding carboxylic acids is 1. The molecule has 0 aliphatic carbocycles. The van der Waals surface area contributed by atoms with Crippen LogP contribution < -0.4 is 14.8 Å². The predicted octanol–water partition coefficient (Wildman–Crippen LogP) is 3.41. The summed E-state index contributed by atoms with van der Waals surface area (Å²) < 4.78 is 10.7. The highest BCUT2D eigenvalue weighted by Crippen LogP contribution is 2.28. The number of ether oxygens (including phenoxy) is 2. The minimum atomic E-state index is -0.154. The van der Waals surface area contributed by atoms with E-state index in [1.807, 2.05) is 31.2 Å². The summed E-state index contributed by atoms with van der Waals surface area (Å²) in [7, 11) is 3.30. The van der Waals surface area contributed by atoms with Gasteiger partial charge in [-0.25, -0.2) is 0 Å². The topological polar surface area (TPSA) is 54.0 Å². The lowest BCUT2D eigenvalue weighted by molar-refractivity contribution is -0.121. The summed E-state index contributed by atoms with van der Waals surface area (Å²) in [5.74, 6) is 1.55. The molecule has 1 fully saturated rings. The molecular formula is C24H33N3O3. The maximum Gasteiger partial charge on any atom is 0.241 e. The van der Waals surface area contributed by atoms with Crippen LogP contribution in [0.4, 0.5) is 5.69 Å². The first-order chi connectivity index (χ1) is 14.5. The van der Waals surface area contributed by atoms with Gasteiger partial charge in [0, 0.05) is 38.4 Å². The number of aryl methyl sites for hydroxylation is 1. The van der Waals surface area contributed by atoms with Crippen molar-refractivity contribution in [2.24, 2.45) is 0 Å². The molecule has 1 aliphatic rings. The lowest BCUT2D eigenvalue weighted by atomic mass is 10.1. The summed E-state index contributed by atoms with van der Waals surface area (Å²) in [6.45, 7) is 8.57. The molecule has 2 aromatic carbocycles. The number of nitrogens with zero attached hydrogens (tertiary/aromatic N) is 2. The van der Waals surface area contributed by atoms with Crippen molar-refractivity contribution in [1.29, 1.82) is 0 Å². The Morgan fingerprint density at radius 3 is 2.20 bits per heavy atom. The molecule has 6 heteroatoms. The monoisotopic (exact) mass is 411 g/mol. The van der Waals surface area contributed by atoms with Crippen molar-refractivity contribution in [1.82, 2.24) is 9.80 Å². The van der Waals surface area contributed by atoms with Crippen molar-refractivity contribution < 1.29 is 14.3 Å². The van der Waals surface area contributed by atoms with Gasteiger partial charge in [-0.1, -0.05) is 25.1 Å². The largest absolute Gasteiger partial charge is 0.493 e. The number of benzene rings is 2. The van der Waals surface area contributed by atoms with E-state index in [-0.39, 0.29) is 11.9 Å². The molecule has 0 bridgehead atoms. The summed E-state index contributed by atoms with van der Waals surface area (Å²) in [5, 5.41) is 3.04. The summed E-state index contributed by atoms with van der Waals surface area (Å²) in [5.41, 5.74) is 3.32. The van der Waals surface area contributed by atoms with Crippen molar-refractivity contribution >= 4 is 11.6 Å². The minimum Gasteiger partial charge on any atom is -0.493 e. The summed E-state index contributed by atoms with van der Waals surface area (Å²) in [4.78, 5) is 17.3. The van der Waals surface area contributed by atoms with Crippen LogP contribution in [0.2, 0.25) is 0 Å². The van der Waals surface area contributed by atoms with Crippen LogP contribution in [0.1, 0.15) is 25.0 Å². The van der Waals surface area contributed by atoms with E-state index in [0.717, 1.165) is 56.3 Å². The highest BCUT2D eigenvalue weighted by molar-refractivity contribution is 5.94. The number of nitrogens with one attached hydrogen (secondary N) is 1. The van der Waals surface area contributed by atoms with Gasteiger partial charge in [-0.2, -0.15) is 0 Å². The molecule has 0 unspecified atom stereocenters. The molecule has 162 valence electrons. The van der Waals surface area contributed by atoms with Crippen LogP contribution in [0.15, 0.2) is 42.5 Å². The maximum absolute atomic E-state index is 12.7. The Bertz CT molecular complexity index is 830. The second-order valence-electron chi connectivity index (χ2n) is 7.72. The zero-order valence-electron chi connectivity index (χ0n) is 18.5. The smallest absolute Gasteiger partial charge is 0.241 e. The van der Waals surface area contributed by atoms with E-state index in [1.54, 1.807) is 14.2 Å². The molecule has 1 aliphatic heterocycles. The molecule has 0 spiro atoms. The normalized spacial score (nSPS) is 16.1. The number of methoxy groups -OCH3 is 2. The molecule has 1 heterocycles. The summed E-state index contributed by atoms with van der Waals surface area (Å²) in [6.07, 6.45) is 0.998. The molecule has 1 N–H and O–H groups in total. The van der Waals surface area contributed by atoms with Gasteiger partial charge < -0.3 is 14.8 Å². The van der Waals surface area contributed by atoms with Crippen LogP contribution in [-0.4, -0.2) is 62.1 Å².